The van der Waals surface area contributed by atoms with Gasteiger partial charge < -0.3 is 50.6 Å². The summed E-state index contributed by atoms with van der Waals surface area (Å²) in [6, 6.07) is 34.1. The van der Waals surface area contributed by atoms with Crippen LogP contribution >= 0.6 is 0 Å². The molecule has 4 aromatic heterocycles. The third kappa shape index (κ3) is 8.87. The summed E-state index contributed by atoms with van der Waals surface area (Å²) in [6.45, 7) is -0.845. The van der Waals surface area contributed by atoms with Gasteiger partial charge in [-0.25, -0.2) is 9.78 Å². The molecule has 15 nitrogen and oxygen atoms in total. The Bertz CT molecular complexity index is 3250. The fourth-order valence-corrected chi connectivity index (χ4v) is 8.24. The van der Waals surface area contributed by atoms with Crippen LogP contribution in [0.3, 0.4) is 0 Å². The molecule has 9 aromatic rings. The van der Waals surface area contributed by atoms with Crippen molar-refractivity contribution in [1.82, 2.24) is 35.9 Å². The minimum Gasteiger partial charge on any atom is -0.504 e. The molecular formula is C51H45N7O8. The number of nitrogens with zero attached hydrogens (tertiary/aromatic N) is 1. The predicted octanol–water partition coefficient (Wildman–Crippen LogP) is 6.35. The largest absolute Gasteiger partial charge is 0.504 e. The molecular weight excluding hydrogens is 839 g/mol. The second-order valence-electron chi connectivity index (χ2n) is 15.9. The number of aromatic amines is 3. The fraction of sp³-hybridized carbons (Fsp3) is 0.157. The molecule has 4 heterocycles. The van der Waals surface area contributed by atoms with Crippen molar-refractivity contribution in [3.8, 4) is 22.8 Å². The lowest BCUT2D eigenvalue weighted by atomic mass is 10.0. The van der Waals surface area contributed by atoms with Gasteiger partial charge in [0, 0.05) is 68.9 Å². The van der Waals surface area contributed by atoms with Crippen LogP contribution in [-0.4, -0.2) is 85.7 Å². The molecule has 8 N–H and O–H groups in total. The number of H-pyrrole nitrogens is 3. The lowest BCUT2D eigenvalue weighted by Gasteiger charge is -2.25. The Labute approximate surface area is 377 Å². The minimum absolute atomic E-state index is 0.00101. The first kappa shape index (κ1) is 42.9. The highest BCUT2D eigenvalue weighted by atomic mass is 16.5. The number of carbonyl (C=O) groups is 4. The van der Waals surface area contributed by atoms with Crippen molar-refractivity contribution < 1.29 is 38.9 Å². The highest BCUT2D eigenvalue weighted by molar-refractivity contribution is 6.13. The standard InChI is InChI=1S/C51H45N7O8/c1-65-45-23-30(19-20-44(45)60)46-47-36(35-15-7-10-18-39(35)54-47)24-42(55-46)50(63)57-40(21-31-25-52-37-16-8-5-13-33(31)37)48(61)56-41(22-32-26-53-38-17-9-6-14-34(32)38)49(62)58-43(27-59)51(64)66-28-29-11-3-2-4-12-29/h2-20,23-26,40-41,43,52-54,59-60H,21-22,27-28H2,1H3,(H,56,61)(H,57,63)(H,58,62)/t40-,41-,43-/m0/s1. The van der Waals surface area contributed by atoms with Crippen LogP contribution in [0.1, 0.15) is 27.2 Å². The van der Waals surface area contributed by atoms with Gasteiger partial charge in [0.1, 0.15) is 24.4 Å². The van der Waals surface area contributed by atoms with E-state index < -0.39 is 48.4 Å². The van der Waals surface area contributed by atoms with Gasteiger partial charge >= 0.3 is 5.97 Å². The van der Waals surface area contributed by atoms with Gasteiger partial charge in [0.2, 0.25) is 11.8 Å². The van der Waals surface area contributed by atoms with Crippen molar-refractivity contribution in [2.24, 2.45) is 0 Å². The van der Waals surface area contributed by atoms with E-state index in [1.165, 1.54) is 13.2 Å². The quantitative estimate of drug-likeness (QED) is 0.0506. The first-order valence-corrected chi connectivity index (χ1v) is 21.3. The number of ether oxygens (including phenoxy) is 2. The average molecular weight is 884 g/mol. The van der Waals surface area contributed by atoms with Crippen molar-refractivity contribution in [3.63, 3.8) is 0 Å². The van der Waals surface area contributed by atoms with Crippen molar-refractivity contribution in [2.45, 2.75) is 37.6 Å². The Kier molecular flexibility index (Phi) is 12.2. The number of hydrogen-bond donors (Lipinski definition) is 8. The van der Waals surface area contributed by atoms with E-state index >= 15 is 0 Å². The highest BCUT2D eigenvalue weighted by Crippen LogP contribution is 2.36. The number of aromatic hydroxyl groups is 1. The van der Waals surface area contributed by atoms with Crippen molar-refractivity contribution in [1.29, 1.82) is 0 Å². The average Bonchev–Trinajstić information content (AvgIpc) is 4.07. The van der Waals surface area contributed by atoms with E-state index in [2.05, 4.69) is 30.9 Å². The minimum atomic E-state index is -1.45. The summed E-state index contributed by atoms with van der Waals surface area (Å²) in [5.41, 5.74) is 6.18. The smallest absolute Gasteiger partial charge is 0.331 e. The maximum atomic E-state index is 14.8. The zero-order valence-corrected chi connectivity index (χ0v) is 35.6. The van der Waals surface area contributed by atoms with Crippen LogP contribution in [0.25, 0.3) is 54.9 Å². The topological polar surface area (TPSA) is 224 Å². The molecule has 0 bridgehead atoms. The van der Waals surface area contributed by atoms with Crippen LogP contribution in [-0.2, 0) is 38.6 Å². The number of para-hydroxylation sites is 3. The highest BCUT2D eigenvalue weighted by Gasteiger charge is 2.32. The number of rotatable bonds is 16. The number of fused-ring (bicyclic) bond motifs is 5. The molecule has 0 aliphatic carbocycles. The van der Waals surface area contributed by atoms with E-state index in [1.807, 2.05) is 78.9 Å². The van der Waals surface area contributed by atoms with Crippen molar-refractivity contribution in [2.75, 3.05) is 13.7 Å². The van der Waals surface area contributed by atoms with E-state index in [-0.39, 0.29) is 36.6 Å². The van der Waals surface area contributed by atoms with Gasteiger partial charge in [0.15, 0.2) is 17.5 Å². The van der Waals surface area contributed by atoms with Gasteiger partial charge in [-0.05, 0) is 59.2 Å². The summed E-state index contributed by atoms with van der Waals surface area (Å²) < 4.78 is 10.8. The van der Waals surface area contributed by atoms with Gasteiger partial charge in [0.25, 0.3) is 5.91 Å². The number of pyridine rings is 1. The maximum Gasteiger partial charge on any atom is 0.331 e. The Morgan fingerprint density at radius 2 is 1.23 bits per heavy atom. The summed E-state index contributed by atoms with van der Waals surface area (Å²) >= 11 is 0. The molecule has 0 aliphatic heterocycles. The fourth-order valence-electron chi connectivity index (χ4n) is 8.24. The maximum absolute atomic E-state index is 14.8. The lowest BCUT2D eigenvalue weighted by molar-refractivity contribution is -0.150. The number of benzene rings is 5. The van der Waals surface area contributed by atoms with Gasteiger partial charge in [-0.15, -0.1) is 0 Å². The van der Waals surface area contributed by atoms with Gasteiger partial charge in [-0.2, -0.15) is 0 Å². The summed E-state index contributed by atoms with van der Waals surface area (Å²) in [7, 11) is 1.44. The van der Waals surface area contributed by atoms with Crippen molar-refractivity contribution >= 4 is 67.3 Å². The third-order valence-corrected chi connectivity index (χ3v) is 11.6. The molecule has 3 atom stereocenters. The molecule has 0 unspecified atom stereocenters. The van der Waals surface area contributed by atoms with Crippen LogP contribution in [0.4, 0.5) is 0 Å². The monoisotopic (exact) mass is 883 g/mol. The second kappa shape index (κ2) is 18.7. The number of esters is 1. The van der Waals surface area contributed by atoms with E-state index in [1.54, 1.807) is 54.9 Å². The molecule has 0 aliphatic rings. The summed E-state index contributed by atoms with van der Waals surface area (Å²) in [4.78, 5) is 71.7. The van der Waals surface area contributed by atoms with E-state index in [0.717, 1.165) is 43.8 Å². The first-order valence-electron chi connectivity index (χ1n) is 21.3. The lowest BCUT2D eigenvalue weighted by Crippen LogP contribution is -2.57. The predicted molar refractivity (Wildman–Crippen MR) is 250 cm³/mol. The molecule has 0 radical (unpaired) electrons. The molecule has 0 fully saturated rings. The molecule has 66 heavy (non-hydrogen) atoms. The Morgan fingerprint density at radius 3 is 1.86 bits per heavy atom. The van der Waals surface area contributed by atoms with Crippen molar-refractivity contribution in [3.05, 3.63) is 162 Å². The number of hydrogen-bond acceptors (Lipinski definition) is 9. The summed E-state index contributed by atoms with van der Waals surface area (Å²) in [5, 5.41) is 32.3. The number of aliphatic hydroxyl groups is 1. The number of amides is 3. The van der Waals surface area contributed by atoms with Crippen LogP contribution in [0, 0.1) is 0 Å². The summed E-state index contributed by atoms with van der Waals surface area (Å²) in [5.74, 6) is -2.85. The zero-order valence-electron chi connectivity index (χ0n) is 35.6. The molecule has 3 amide bonds. The molecule has 0 saturated heterocycles. The second-order valence-corrected chi connectivity index (χ2v) is 15.9. The van der Waals surface area contributed by atoms with Gasteiger partial charge in [0.05, 0.1) is 24.9 Å². The number of nitrogens with one attached hydrogen (secondary N) is 6. The number of phenols is 1. The van der Waals surface area contributed by atoms with Crippen LogP contribution < -0.4 is 20.7 Å². The Balaban J connectivity index is 1.06. The molecule has 5 aromatic carbocycles. The SMILES string of the molecule is COc1cc(-c2nc(C(=O)N[C@@H](Cc3c[nH]c4ccccc34)C(=O)N[C@@H](Cc3c[nH]c4ccccc34)C(=O)N[C@@H](CO)C(=O)OCc3ccccc3)cc3c2[nH]c2ccccc23)ccc1O. The van der Waals surface area contributed by atoms with E-state index in [0.29, 0.717) is 27.7 Å². The number of phenolic OH excluding ortho intramolecular Hbond substituents is 1. The van der Waals surface area contributed by atoms with E-state index in [4.69, 9.17) is 14.5 Å². The number of aromatic nitrogens is 4. The van der Waals surface area contributed by atoms with Gasteiger partial charge in [-0.1, -0.05) is 84.9 Å². The van der Waals surface area contributed by atoms with Crippen LogP contribution in [0.5, 0.6) is 11.5 Å². The Morgan fingerprint density at radius 1 is 0.652 bits per heavy atom. The zero-order chi connectivity index (χ0) is 45.7. The number of aliphatic hydroxyl groups excluding tert-OH is 1. The van der Waals surface area contributed by atoms with E-state index in [9.17, 15) is 29.4 Å². The molecule has 15 heteroatoms. The van der Waals surface area contributed by atoms with Crippen LogP contribution in [0.15, 0.2) is 140 Å². The molecule has 0 saturated carbocycles. The first-order chi connectivity index (χ1) is 32.2. The van der Waals surface area contributed by atoms with Crippen LogP contribution in [0.2, 0.25) is 0 Å². The number of carbonyl (C=O) groups excluding carboxylic acids is 4. The molecule has 332 valence electrons. The molecule has 0 spiro atoms. The third-order valence-electron chi connectivity index (χ3n) is 11.6. The number of methoxy groups -OCH3 is 1. The normalized spacial score (nSPS) is 12.8. The Hall–Kier alpha value is -8.43. The summed E-state index contributed by atoms with van der Waals surface area (Å²) in [6.07, 6.45) is 3.50. The van der Waals surface area contributed by atoms with Gasteiger partial charge in [-0.3, -0.25) is 14.4 Å². The molecule has 9 rings (SSSR count).